The Labute approximate surface area is 169 Å². The van der Waals surface area contributed by atoms with Gasteiger partial charge in [-0.05, 0) is 73.7 Å². The Morgan fingerprint density at radius 1 is 1.00 bits per heavy atom. The Hall–Kier alpha value is -3.54. The standard InChI is InChI=1S/C23H22FN5/c1-15-4-3-5-21(16(15)2)22-12-19(27-23(25)28-22)9-6-17-13-26-29(14-17)20-10-7-18(24)8-11-20/h3-5,7-8,10-14H,6,9H2,1-2H3,(H2,25,27,28). The number of aromatic nitrogens is 4. The SMILES string of the molecule is Cc1cccc(-c2cc(CCc3cnn(-c4ccc(F)cc4)c3)nc(N)n2)c1C. The van der Waals surface area contributed by atoms with Crippen LogP contribution in [-0.4, -0.2) is 19.7 Å². The summed E-state index contributed by atoms with van der Waals surface area (Å²) in [5, 5.41) is 4.37. The van der Waals surface area contributed by atoms with Crippen LogP contribution in [0.4, 0.5) is 10.3 Å². The van der Waals surface area contributed by atoms with Crippen LogP contribution < -0.4 is 5.73 Å². The molecular formula is C23H22FN5. The highest BCUT2D eigenvalue weighted by molar-refractivity contribution is 5.66. The summed E-state index contributed by atoms with van der Waals surface area (Å²) in [7, 11) is 0. The van der Waals surface area contributed by atoms with Crippen molar-refractivity contribution in [3.05, 3.63) is 89.1 Å². The van der Waals surface area contributed by atoms with Gasteiger partial charge in [0.05, 0.1) is 17.6 Å². The van der Waals surface area contributed by atoms with E-state index in [0.717, 1.165) is 41.0 Å². The third-order valence-corrected chi connectivity index (χ3v) is 5.07. The van der Waals surface area contributed by atoms with Crippen molar-refractivity contribution < 1.29 is 4.39 Å². The van der Waals surface area contributed by atoms with Crippen LogP contribution in [0.15, 0.2) is 60.9 Å². The third kappa shape index (κ3) is 4.16. The lowest BCUT2D eigenvalue weighted by Gasteiger charge is -2.10. The molecule has 0 radical (unpaired) electrons. The van der Waals surface area contributed by atoms with Crippen LogP contribution in [0.1, 0.15) is 22.4 Å². The van der Waals surface area contributed by atoms with E-state index >= 15 is 0 Å². The number of nitrogens with zero attached hydrogens (tertiary/aromatic N) is 4. The zero-order valence-corrected chi connectivity index (χ0v) is 16.4. The molecule has 0 aliphatic heterocycles. The maximum atomic E-state index is 13.1. The van der Waals surface area contributed by atoms with Crippen LogP contribution in [-0.2, 0) is 12.8 Å². The molecule has 4 rings (SSSR count). The largest absolute Gasteiger partial charge is 0.368 e. The molecule has 2 aromatic carbocycles. The zero-order valence-electron chi connectivity index (χ0n) is 16.4. The number of nitrogen functional groups attached to an aromatic ring is 1. The first-order valence-electron chi connectivity index (χ1n) is 9.49. The predicted molar refractivity (Wildman–Crippen MR) is 112 cm³/mol. The van der Waals surface area contributed by atoms with Gasteiger partial charge < -0.3 is 5.73 Å². The normalized spacial score (nSPS) is 11.0. The fourth-order valence-electron chi connectivity index (χ4n) is 3.31. The average molecular weight is 387 g/mol. The molecule has 0 spiro atoms. The number of anilines is 1. The van der Waals surface area contributed by atoms with Crippen LogP contribution >= 0.6 is 0 Å². The number of aryl methyl sites for hydroxylation is 3. The second-order valence-electron chi connectivity index (χ2n) is 7.12. The highest BCUT2D eigenvalue weighted by atomic mass is 19.1. The summed E-state index contributed by atoms with van der Waals surface area (Å²) < 4.78 is 14.8. The molecule has 2 aromatic heterocycles. The van der Waals surface area contributed by atoms with Gasteiger partial charge in [-0.15, -0.1) is 0 Å². The lowest BCUT2D eigenvalue weighted by Crippen LogP contribution is -2.03. The summed E-state index contributed by atoms with van der Waals surface area (Å²) in [6, 6.07) is 14.4. The van der Waals surface area contributed by atoms with Crippen LogP contribution in [0.5, 0.6) is 0 Å². The Balaban J connectivity index is 1.53. The minimum absolute atomic E-state index is 0.262. The molecule has 4 aromatic rings. The van der Waals surface area contributed by atoms with E-state index in [1.807, 2.05) is 24.5 Å². The van der Waals surface area contributed by atoms with Gasteiger partial charge in [-0.25, -0.2) is 19.0 Å². The van der Waals surface area contributed by atoms with E-state index in [9.17, 15) is 4.39 Å². The topological polar surface area (TPSA) is 69.6 Å². The van der Waals surface area contributed by atoms with E-state index in [1.54, 1.807) is 16.8 Å². The lowest BCUT2D eigenvalue weighted by atomic mass is 10.00. The van der Waals surface area contributed by atoms with Crippen molar-refractivity contribution in [1.29, 1.82) is 0 Å². The maximum absolute atomic E-state index is 13.1. The number of hydrogen-bond acceptors (Lipinski definition) is 4. The molecule has 0 atom stereocenters. The van der Waals surface area contributed by atoms with E-state index in [1.165, 1.54) is 23.3 Å². The molecule has 146 valence electrons. The van der Waals surface area contributed by atoms with Crippen molar-refractivity contribution in [2.75, 3.05) is 5.73 Å². The summed E-state index contributed by atoms with van der Waals surface area (Å²) >= 11 is 0. The zero-order chi connectivity index (χ0) is 20.4. The molecule has 0 amide bonds. The average Bonchev–Trinajstić information content (AvgIpc) is 3.18. The summed E-state index contributed by atoms with van der Waals surface area (Å²) in [5.74, 6) is 0.0162. The van der Waals surface area contributed by atoms with E-state index in [0.29, 0.717) is 0 Å². The van der Waals surface area contributed by atoms with Crippen molar-refractivity contribution in [2.45, 2.75) is 26.7 Å². The molecule has 0 fully saturated rings. The highest BCUT2D eigenvalue weighted by Crippen LogP contribution is 2.25. The second kappa shape index (κ2) is 7.83. The summed E-state index contributed by atoms with van der Waals surface area (Å²) in [4.78, 5) is 8.83. The number of benzene rings is 2. The van der Waals surface area contributed by atoms with Crippen LogP contribution in [0.3, 0.4) is 0 Å². The fourth-order valence-corrected chi connectivity index (χ4v) is 3.31. The molecular weight excluding hydrogens is 365 g/mol. The molecule has 0 aliphatic carbocycles. The number of nitrogens with two attached hydrogens (primary N) is 1. The van der Waals surface area contributed by atoms with E-state index < -0.39 is 0 Å². The smallest absolute Gasteiger partial charge is 0.220 e. The molecule has 5 nitrogen and oxygen atoms in total. The van der Waals surface area contributed by atoms with E-state index in [2.05, 4.69) is 41.0 Å². The molecule has 0 saturated carbocycles. The molecule has 0 saturated heterocycles. The van der Waals surface area contributed by atoms with Crippen LogP contribution in [0.2, 0.25) is 0 Å². The minimum Gasteiger partial charge on any atom is -0.368 e. The first kappa shape index (κ1) is 18.8. The van der Waals surface area contributed by atoms with Gasteiger partial charge in [0.15, 0.2) is 0 Å². The van der Waals surface area contributed by atoms with Gasteiger partial charge in [0.2, 0.25) is 5.95 Å². The van der Waals surface area contributed by atoms with Gasteiger partial charge in [0, 0.05) is 17.5 Å². The van der Waals surface area contributed by atoms with Gasteiger partial charge >= 0.3 is 0 Å². The first-order valence-corrected chi connectivity index (χ1v) is 9.49. The highest BCUT2D eigenvalue weighted by Gasteiger charge is 2.10. The van der Waals surface area contributed by atoms with Crippen molar-refractivity contribution in [1.82, 2.24) is 19.7 Å². The van der Waals surface area contributed by atoms with Crippen LogP contribution in [0, 0.1) is 19.7 Å². The molecule has 29 heavy (non-hydrogen) atoms. The molecule has 6 heteroatoms. The maximum Gasteiger partial charge on any atom is 0.220 e. The van der Waals surface area contributed by atoms with Gasteiger partial charge in [-0.2, -0.15) is 5.10 Å². The van der Waals surface area contributed by atoms with Gasteiger partial charge in [0.25, 0.3) is 0 Å². The summed E-state index contributed by atoms with van der Waals surface area (Å²) in [5.41, 5.74) is 13.1. The first-order chi connectivity index (χ1) is 14.0. The molecule has 2 heterocycles. The Kier molecular flexibility index (Phi) is 5.08. The summed E-state index contributed by atoms with van der Waals surface area (Å²) in [6.45, 7) is 4.18. The number of hydrogen-bond donors (Lipinski definition) is 1. The number of halogens is 1. The summed E-state index contributed by atoms with van der Waals surface area (Å²) in [6.07, 6.45) is 5.26. The van der Waals surface area contributed by atoms with Gasteiger partial charge in [-0.1, -0.05) is 18.2 Å². The van der Waals surface area contributed by atoms with E-state index in [4.69, 9.17) is 5.73 Å². The van der Waals surface area contributed by atoms with Crippen molar-refractivity contribution in [3.63, 3.8) is 0 Å². The number of rotatable bonds is 5. The Morgan fingerprint density at radius 3 is 2.59 bits per heavy atom. The molecule has 0 unspecified atom stereocenters. The van der Waals surface area contributed by atoms with Gasteiger partial charge in [-0.3, -0.25) is 0 Å². The van der Waals surface area contributed by atoms with E-state index in [-0.39, 0.29) is 11.8 Å². The molecule has 0 aliphatic rings. The quantitative estimate of drug-likeness (QED) is 0.549. The van der Waals surface area contributed by atoms with Crippen molar-refractivity contribution in [3.8, 4) is 16.9 Å². The fraction of sp³-hybridized carbons (Fsp3) is 0.174. The Morgan fingerprint density at radius 2 is 1.79 bits per heavy atom. The minimum atomic E-state index is -0.262. The van der Waals surface area contributed by atoms with Crippen molar-refractivity contribution in [2.24, 2.45) is 0 Å². The lowest BCUT2D eigenvalue weighted by molar-refractivity contribution is 0.627. The predicted octanol–water partition coefficient (Wildman–Crippen LogP) is 4.45. The van der Waals surface area contributed by atoms with Crippen LogP contribution in [0.25, 0.3) is 16.9 Å². The molecule has 2 N–H and O–H groups in total. The monoisotopic (exact) mass is 387 g/mol. The van der Waals surface area contributed by atoms with Crippen molar-refractivity contribution >= 4 is 5.95 Å². The van der Waals surface area contributed by atoms with Gasteiger partial charge in [0.1, 0.15) is 5.82 Å². The third-order valence-electron chi connectivity index (χ3n) is 5.07. The second-order valence-corrected chi connectivity index (χ2v) is 7.12. The Bertz CT molecular complexity index is 1150. The molecule has 0 bridgehead atoms.